The van der Waals surface area contributed by atoms with E-state index in [1.54, 1.807) is 12.1 Å². The number of aliphatic hydroxyl groups is 3. The van der Waals surface area contributed by atoms with E-state index in [1.807, 2.05) is 0 Å². The molecule has 7 heteroatoms. The molecule has 0 unspecified atom stereocenters. The zero-order valence-electron chi connectivity index (χ0n) is 11.7. The Morgan fingerprint density at radius 3 is 2.45 bits per heavy atom. The summed E-state index contributed by atoms with van der Waals surface area (Å²) in [5.74, 6) is 0.483. The van der Waals surface area contributed by atoms with E-state index in [0.29, 0.717) is 35.8 Å². The summed E-state index contributed by atoms with van der Waals surface area (Å²) >= 11 is 0. The highest BCUT2D eigenvalue weighted by molar-refractivity contribution is 5.98. The molecule has 0 radical (unpaired) electrons. The summed E-state index contributed by atoms with van der Waals surface area (Å²) in [7, 11) is 0. The number of aliphatic hydroxyl groups excluding tert-OH is 3. The Balaban J connectivity index is 1.80. The van der Waals surface area contributed by atoms with Gasteiger partial charge in [-0.1, -0.05) is 0 Å². The quantitative estimate of drug-likeness (QED) is 0.497. The highest BCUT2D eigenvalue weighted by atomic mass is 16.6. The first-order valence-electron chi connectivity index (χ1n) is 7.35. The van der Waals surface area contributed by atoms with Gasteiger partial charge in [-0.3, -0.25) is 4.79 Å². The smallest absolute Gasteiger partial charge is 0.252 e. The monoisotopic (exact) mass is 307 g/mol. The SMILES string of the molecule is O=C1N[C@@H]2[C@@H](O)[C@@H](O)[C@H](O)C[C@H]2c2cc3c(cc21)OCCO3. The second kappa shape index (κ2) is 4.84. The second-order valence-corrected chi connectivity index (χ2v) is 5.97. The van der Waals surface area contributed by atoms with Crippen LogP contribution in [0.1, 0.15) is 28.3 Å². The molecule has 2 heterocycles. The number of nitrogens with one attached hydrogen (secondary N) is 1. The van der Waals surface area contributed by atoms with Crippen LogP contribution in [0, 0.1) is 0 Å². The van der Waals surface area contributed by atoms with E-state index in [1.165, 1.54) is 0 Å². The van der Waals surface area contributed by atoms with E-state index in [4.69, 9.17) is 9.47 Å². The summed E-state index contributed by atoms with van der Waals surface area (Å²) in [5, 5.41) is 32.6. The predicted molar refractivity (Wildman–Crippen MR) is 74.1 cm³/mol. The first-order valence-corrected chi connectivity index (χ1v) is 7.35. The van der Waals surface area contributed by atoms with Crippen molar-refractivity contribution in [1.82, 2.24) is 5.32 Å². The minimum atomic E-state index is -1.26. The maximum atomic E-state index is 12.3. The lowest BCUT2D eigenvalue weighted by atomic mass is 9.72. The van der Waals surface area contributed by atoms with Crippen LogP contribution in [0.15, 0.2) is 12.1 Å². The summed E-state index contributed by atoms with van der Waals surface area (Å²) in [6, 6.07) is 2.76. The number of benzene rings is 1. The average Bonchev–Trinajstić information content (AvgIpc) is 2.53. The van der Waals surface area contributed by atoms with Gasteiger partial charge in [0.25, 0.3) is 5.91 Å². The van der Waals surface area contributed by atoms with Crippen molar-refractivity contribution in [2.75, 3.05) is 13.2 Å². The zero-order chi connectivity index (χ0) is 15.4. The van der Waals surface area contributed by atoms with Gasteiger partial charge in [-0.15, -0.1) is 0 Å². The lowest BCUT2D eigenvalue weighted by molar-refractivity contribution is -0.104. The number of carbonyl (C=O) groups is 1. The molecule has 1 fully saturated rings. The molecule has 0 bridgehead atoms. The molecule has 1 saturated carbocycles. The lowest BCUT2D eigenvalue weighted by Crippen LogP contribution is -2.61. The van der Waals surface area contributed by atoms with Crippen molar-refractivity contribution in [2.45, 2.75) is 36.7 Å². The first-order chi connectivity index (χ1) is 10.6. The largest absolute Gasteiger partial charge is 0.486 e. The molecular weight excluding hydrogens is 290 g/mol. The highest BCUT2D eigenvalue weighted by Crippen LogP contribution is 2.43. The Morgan fingerprint density at radius 1 is 1.05 bits per heavy atom. The van der Waals surface area contributed by atoms with Crippen molar-refractivity contribution < 1.29 is 29.6 Å². The summed E-state index contributed by atoms with van der Waals surface area (Å²) in [6.07, 6.45) is -3.25. The van der Waals surface area contributed by atoms with Gasteiger partial charge in [0, 0.05) is 11.5 Å². The van der Waals surface area contributed by atoms with Crippen LogP contribution in [0.4, 0.5) is 0 Å². The average molecular weight is 307 g/mol. The second-order valence-electron chi connectivity index (χ2n) is 5.97. The molecule has 7 nitrogen and oxygen atoms in total. The molecule has 2 aliphatic heterocycles. The first kappa shape index (κ1) is 13.8. The van der Waals surface area contributed by atoms with Crippen molar-refractivity contribution in [3.05, 3.63) is 23.3 Å². The third kappa shape index (κ3) is 1.89. The van der Waals surface area contributed by atoms with Crippen molar-refractivity contribution in [3.8, 4) is 11.5 Å². The predicted octanol–water partition coefficient (Wildman–Crippen LogP) is -0.860. The van der Waals surface area contributed by atoms with Crippen LogP contribution in [0.5, 0.6) is 11.5 Å². The Hall–Kier alpha value is -1.83. The van der Waals surface area contributed by atoms with Crippen molar-refractivity contribution in [1.29, 1.82) is 0 Å². The third-order valence-electron chi connectivity index (χ3n) is 4.70. The van der Waals surface area contributed by atoms with E-state index in [0.717, 1.165) is 0 Å². The Bertz CT molecular complexity index is 633. The number of rotatable bonds is 0. The number of carbonyl (C=O) groups excluding carboxylic acids is 1. The molecular formula is C15H17NO6. The minimum absolute atomic E-state index is 0.260. The summed E-state index contributed by atoms with van der Waals surface area (Å²) in [4.78, 5) is 12.3. The van der Waals surface area contributed by atoms with Crippen LogP contribution in [-0.4, -0.2) is 58.8 Å². The van der Waals surface area contributed by atoms with Gasteiger partial charge in [-0.05, 0) is 24.1 Å². The lowest BCUT2D eigenvalue weighted by Gasteiger charge is -2.44. The van der Waals surface area contributed by atoms with Gasteiger partial charge in [0.05, 0.1) is 12.1 Å². The minimum Gasteiger partial charge on any atom is -0.486 e. The fourth-order valence-corrected chi connectivity index (χ4v) is 3.57. The molecule has 0 aromatic heterocycles. The maximum absolute atomic E-state index is 12.3. The van der Waals surface area contributed by atoms with Gasteiger partial charge in [0.1, 0.15) is 25.4 Å². The number of amides is 1. The Morgan fingerprint density at radius 2 is 1.73 bits per heavy atom. The van der Waals surface area contributed by atoms with Gasteiger partial charge in [-0.25, -0.2) is 0 Å². The van der Waals surface area contributed by atoms with E-state index in [9.17, 15) is 20.1 Å². The fraction of sp³-hybridized carbons (Fsp3) is 0.533. The van der Waals surface area contributed by atoms with E-state index >= 15 is 0 Å². The van der Waals surface area contributed by atoms with Crippen LogP contribution in [0.25, 0.3) is 0 Å². The molecule has 0 saturated heterocycles. The van der Waals surface area contributed by atoms with E-state index in [-0.39, 0.29) is 18.2 Å². The molecule has 22 heavy (non-hydrogen) atoms. The number of fused-ring (bicyclic) bond motifs is 4. The zero-order valence-corrected chi connectivity index (χ0v) is 11.7. The molecule has 1 aromatic carbocycles. The topological polar surface area (TPSA) is 108 Å². The molecule has 5 atom stereocenters. The van der Waals surface area contributed by atoms with Gasteiger partial charge < -0.3 is 30.1 Å². The molecule has 4 rings (SSSR count). The van der Waals surface area contributed by atoms with Gasteiger partial charge in [-0.2, -0.15) is 0 Å². The molecule has 1 aliphatic carbocycles. The van der Waals surface area contributed by atoms with Gasteiger partial charge in [0.2, 0.25) is 0 Å². The summed E-state index contributed by atoms with van der Waals surface area (Å²) < 4.78 is 11.0. The van der Waals surface area contributed by atoms with Crippen molar-refractivity contribution in [2.24, 2.45) is 0 Å². The Kier molecular flexibility index (Phi) is 3.04. The molecule has 1 aromatic rings. The van der Waals surface area contributed by atoms with Crippen molar-refractivity contribution in [3.63, 3.8) is 0 Å². The summed E-state index contributed by atoms with van der Waals surface area (Å²) in [5.41, 5.74) is 1.17. The number of ether oxygens (including phenoxy) is 2. The Labute approximate surface area is 126 Å². The van der Waals surface area contributed by atoms with Crippen LogP contribution in [-0.2, 0) is 0 Å². The van der Waals surface area contributed by atoms with Crippen LogP contribution < -0.4 is 14.8 Å². The molecule has 4 N–H and O–H groups in total. The highest BCUT2D eigenvalue weighted by Gasteiger charge is 2.47. The molecule has 1 amide bonds. The molecule has 0 spiro atoms. The van der Waals surface area contributed by atoms with Crippen LogP contribution >= 0.6 is 0 Å². The normalized spacial score (nSPS) is 36.1. The molecule has 3 aliphatic rings. The van der Waals surface area contributed by atoms with Gasteiger partial charge >= 0.3 is 0 Å². The third-order valence-corrected chi connectivity index (χ3v) is 4.70. The summed E-state index contributed by atoms with van der Waals surface area (Å²) in [6.45, 7) is 0.874. The number of hydrogen-bond acceptors (Lipinski definition) is 6. The fourth-order valence-electron chi connectivity index (χ4n) is 3.57. The number of hydrogen-bond donors (Lipinski definition) is 4. The maximum Gasteiger partial charge on any atom is 0.252 e. The van der Waals surface area contributed by atoms with Crippen LogP contribution in [0.3, 0.4) is 0 Å². The molecule has 118 valence electrons. The van der Waals surface area contributed by atoms with Crippen molar-refractivity contribution >= 4 is 5.91 Å². The van der Waals surface area contributed by atoms with E-state index in [2.05, 4.69) is 5.32 Å². The van der Waals surface area contributed by atoms with Gasteiger partial charge in [0.15, 0.2) is 11.5 Å². The van der Waals surface area contributed by atoms with E-state index < -0.39 is 24.4 Å². The van der Waals surface area contributed by atoms with Crippen LogP contribution in [0.2, 0.25) is 0 Å². The standard InChI is InChI=1S/C15H17NO6/c17-9-3-7-6-4-10-11(22-2-1-21-10)5-8(6)15(20)16-12(7)14(19)13(9)18/h4-5,7,9,12-14,17-19H,1-3H2,(H,16,20)/t7-,9+,12-,13-,14+/m0/s1.